The van der Waals surface area contributed by atoms with Gasteiger partial charge in [0.15, 0.2) is 5.58 Å². The van der Waals surface area contributed by atoms with Gasteiger partial charge >= 0.3 is 5.76 Å². The van der Waals surface area contributed by atoms with Crippen LogP contribution in [0.15, 0.2) is 57.7 Å². The molecule has 0 saturated heterocycles. The molecule has 6 nitrogen and oxygen atoms in total. The highest BCUT2D eigenvalue weighted by Crippen LogP contribution is 2.12. The van der Waals surface area contributed by atoms with Crippen LogP contribution in [0.4, 0.5) is 0 Å². The topological polar surface area (TPSA) is 67.5 Å². The van der Waals surface area contributed by atoms with Gasteiger partial charge in [-0.3, -0.25) is 14.3 Å². The average Bonchev–Trinajstić information content (AvgIpc) is 3.06. The molecule has 0 aliphatic carbocycles. The predicted molar refractivity (Wildman–Crippen MR) is 115 cm³/mol. The van der Waals surface area contributed by atoms with Crippen molar-refractivity contribution in [1.82, 2.24) is 14.8 Å². The van der Waals surface area contributed by atoms with E-state index in [0.29, 0.717) is 31.5 Å². The minimum Gasteiger partial charge on any atom is -0.408 e. The van der Waals surface area contributed by atoms with E-state index in [-0.39, 0.29) is 11.7 Å². The lowest BCUT2D eigenvalue weighted by atomic mass is 10.1. The van der Waals surface area contributed by atoms with Gasteiger partial charge < -0.3 is 9.73 Å². The van der Waals surface area contributed by atoms with Crippen LogP contribution in [-0.4, -0.2) is 28.5 Å². The number of benzene rings is 2. The molecule has 6 heteroatoms. The van der Waals surface area contributed by atoms with Crippen molar-refractivity contribution in [2.24, 2.45) is 0 Å². The van der Waals surface area contributed by atoms with Gasteiger partial charge in [0.05, 0.1) is 5.52 Å². The standard InChI is InChI=1S/C23H29N3O3/c1-3-25(4-2)17-19-13-11-18(12-14-19)16-24-22(27)10-7-15-26-20-8-5-6-9-21(20)29-23(26)28/h5-6,8-9,11-14H,3-4,7,10,15-17H2,1-2H3,(H,24,27). The Morgan fingerprint density at radius 1 is 1.03 bits per heavy atom. The third-order valence-corrected chi connectivity index (χ3v) is 5.17. The molecule has 0 fully saturated rings. The molecule has 1 N–H and O–H groups in total. The van der Waals surface area contributed by atoms with E-state index >= 15 is 0 Å². The van der Waals surface area contributed by atoms with Crippen molar-refractivity contribution in [2.45, 2.75) is 46.3 Å². The summed E-state index contributed by atoms with van der Waals surface area (Å²) in [4.78, 5) is 26.5. The number of carbonyl (C=O) groups is 1. The van der Waals surface area contributed by atoms with Gasteiger partial charge in [0.2, 0.25) is 5.91 Å². The first kappa shape index (κ1) is 20.9. The molecule has 29 heavy (non-hydrogen) atoms. The molecule has 0 bridgehead atoms. The number of oxazole rings is 1. The Bertz CT molecular complexity index is 985. The molecule has 0 aliphatic rings. The number of carbonyl (C=O) groups excluding carboxylic acids is 1. The molecule has 0 atom stereocenters. The summed E-state index contributed by atoms with van der Waals surface area (Å²) in [6.07, 6.45) is 0.948. The number of para-hydroxylation sites is 2. The van der Waals surface area contributed by atoms with Gasteiger partial charge in [0.25, 0.3) is 0 Å². The van der Waals surface area contributed by atoms with Crippen LogP contribution in [0.2, 0.25) is 0 Å². The molecule has 0 aliphatic heterocycles. The van der Waals surface area contributed by atoms with Crippen molar-refractivity contribution in [3.8, 4) is 0 Å². The Morgan fingerprint density at radius 3 is 2.45 bits per heavy atom. The van der Waals surface area contributed by atoms with Crippen molar-refractivity contribution >= 4 is 17.0 Å². The first-order valence-corrected chi connectivity index (χ1v) is 10.3. The Kier molecular flexibility index (Phi) is 7.25. The second kappa shape index (κ2) is 10.1. The average molecular weight is 396 g/mol. The second-order valence-corrected chi connectivity index (χ2v) is 7.15. The highest BCUT2D eigenvalue weighted by molar-refractivity contribution is 5.76. The zero-order valence-electron chi connectivity index (χ0n) is 17.2. The Hall–Kier alpha value is -2.86. The zero-order valence-corrected chi connectivity index (χ0v) is 17.2. The molecule has 3 aromatic rings. The van der Waals surface area contributed by atoms with E-state index in [1.807, 2.05) is 18.2 Å². The fraction of sp³-hybridized carbons (Fsp3) is 0.391. The number of hydrogen-bond acceptors (Lipinski definition) is 4. The Balaban J connectivity index is 1.44. The normalized spacial score (nSPS) is 11.3. The highest BCUT2D eigenvalue weighted by atomic mass is 16.4. The molecule has 0 unspecified atom stereocenters. The van der Waals surface area contributed by atoms with E-state index < -0.39 is 0 Å². The lowest BCUT2D eigenvalue weighted by Gasteiger charge is -2.18. The van der Waals surface area contributed by atoms with Gasteiger partial charge in [0.1, 0.15) is 0 Å². The summed E-state index contributed by atoms with van der Waals surface area (Å²) in [6.45, 7) is 8.33. The maximum atomic E-state index is 12.2. The molecular formula is C23H29N3O3. The van der Waals surface area contributed by atoms with E-state index in [1.165, 1.54) is 5.56 Å². The SMILES string of the molecule is CCN(CC)Cc1ccc(CNC(=O)CCCn2c(=O)oc3ccccc32)cc1. The number of aryl methyl sites for hydroxylation is 1. The van der Waals surface area contributed by atoms with Crippen LogP contribution in [-0.2, 0) is 24.4 Å². The quantitative estimate of drug-likeness (QED) is 0.570. The highest BCUT2D eigenvalue weighted by Gasteiger charge is 2.09. The van der Waals surface area contributed by atoms with Gasteiger partial charge in [-0.25, -0.2) is 4.79 Å². The van der Waals surface area contributed by atoms with E-state index in [1.54, 1.807) is 10.6 Å². The molecule has 1 amide bonds. The molecule has 0 saturated carbocycles. The molecular weight excluding hydrogens is 366 g/mol. The number of rotatable bonds is 10. The lowest BCUT2D eigenvalue weighted by Crippen LogP contribution is -2.24. The minimum atomic E-state index is -0.378. The monoisotopic (exact) mass is 395 g/mol. The maximum Gasteiger partial charge on any atom is 0.419 e. The molecule has 2 aromatic carbocycles. The molecule has 0 spiro atoms. The number of hydrogen-bond donors (Lipinski definition) is 1. The molecule has 3 rings (SSSR count). The fourth-order valence-electron chi connectivity index (χ4n) is 3.38. The van der Waals surface area contributed by atoms with Crippen molar-refractivity contribution in [3.63, 3.8) is 0 Å². The lowest BCUT2D eigenvalue weighted by molar-refractivity contribution is -0.121. The van der Waals surface area contributed by atoms with E-state index in [0.717, 1.165) is 30.7 Å². The van der Waals surface area contributed by atoms with E-state index in [2.05, 4.69) is 48.3 Å². The summed E-state index contributed by atoms with van der Waals surface area (Å²) in [5.74, 6) is -0.394. The Morgan fingerprint density at radius 2 is 1.72 bits per heavy atom. The van der Waals surface area contributed by atoms with Crippen LogP contribution < -0.4 is 11.1 Å². The van der Waals surface area contributed by atoms with Crippen LogP contribution in [0.1, 0.15) is 37.8 Å². The number of aromatic nitrogens is 1. The first-order valence-electron chi connectivity index (χ1n) is 10.3. The summed E-state index contributed by atoms with van der Waals surface area (Å²) in [6, 6.07) is 15.7. The largest absolute Gasteiger partial charge is 0.419 e. The summed E-state index contributed by atoms with van der Waals surface area (Å²) in [5, 5.41) is 2.95. The Labute approximate surface area is 171 Å². The van der Waals surface area contributed by atoms with Gasteiger partial charge in [-0.2, -0.15) is 0 Å². The smallest absolute Gasteiger partial charge is 0.408 e. The zero-order chi connectivity index (χ0) is 20.6. The van der Waals surface area contributed by atoms with Crippen molar-refractivity contribution in [2.75, 3.05) is 13.1 Å². The third-order valence-electron chi connectivity index (χ3n) is 5.17. The fourth-order valence-corrected chi connectivity index (χ4v) is 3.38. The molecule has 1 aromatic heterocycles. The van der Waals surface area contributed by atoms with Crippen LogP contribution in [0, 0.1) is 0 Å². The number of fused-ring (bicyclic) bond motifs is 1. The second-order valence-electron chi connectivity index (χ2n) is 7.15. The number of nitrogens with one attached hydrogen (secondary N) is 1. The molecule has 0 radical (unpaired) electrons. The summed E-state index contributed by atoms with van der Waals surface area (Å²) < 4.78 is 6.79. The number of nitrogens with zero attached hydrogens (tertiary/aromatic N) is 2. The van der Waals surface area contributed by atoms with Crippen molar-refractivity contribution in [3.05, 3.63) is 70.2 Å². The molecule has 154 valence electrons. The van der Waals surface area contributed by atoms with Crippen LogP contribution in [0.3, 0.4) is 0 Å². The van der Waals surface area contributed by atoms with Gasteiger partial charge in [-0.05, 0) is 42.8 Å². The number of amides is 1. The van der Waals surface area contributed by atoms with E-state index in [4.69, 9.17) is 4.42 Å². The minimum absolute atomic E-state index is 0.0157. The van der Waals surface area contributed by atoms with Crippen LogP contribution >= 0.6 is 0 Å². The van der Waals surface area contributed by atoms with Crippen LogP contribution in [0.25, 0.3) is 11.1 Å². The van der Waals surface area contributed by atoms with Gasteiger partial charge in [0, 0.05) is 26.1 Å². The van der Waals surface area contributed by atoms with Gasteiger partial charge in [-0.1, -0.05) is 50.2 Å². The third kappa shape index (κ3) is 5.57. The predicted octanol–water partition coefficient (Wildman–Crippen LogP) is 3.53. The van der Waals surface area contributed by atoms with Crippen molar-refractivity contribution < 1.29 is 9.21 Å². The van der Waals surface area contributed by atoms with Crippen LogP contribution in [0.5, 0.6) is 0 Å². The summed E-state index contributed by atoms with van der Waals surface area (Å²) in [7, 11) is 0. The first-order chi connectivity index (χ1) is 14.1. The molecule has 1 heterocycles. The van der Waals surface area contributed by atoms with Gasteiger partial charge in [-0.15, -0.1) is 0 Å². The summed E-state index contributed by atoms with van der Waals surface area (Å²) in [5.41, 5.74) is 3.70. The van der Waals surface area contributed by atoms with E-state index in [9.17, 15) is 9.59 Å². The van der Waals surface area contributed by atoms with Crippen molar-refractivity contribution in [1.29, 1.82) is 0 Å². The maximum absolute atomic E-state index is 12.2. The summed E-state index contributed by atoms with van der Waals surface area (Å²) >= 11 is 0.